The number of hydrogen-bond donors (Lipinski definition) is 1. The van der Waals surface area contributed by atoms with E-state index in [0.717, 1.165) is 22.1 Å². The summed E-state index contributed by atoms with van der Waals surface area (Å²) in [6.07, 6.45) is 1.40. The second kappa shape index (κ2) is 7.76. The monoisotopic (exact) mass is 398 g/mol. The minimum atomic E-state index is -3.21. The van der Waals surface area contributed by atoms with E-state index in [-0.39, 0.29) is 6.61 Å². The van der Waals surface area contributed by atoms with Crippen molar-refractivity contribution in [1.82, 2.24) is 0 Å². The van der Waals surface area contributed by atoms with Gasteiger partial charge in [-0.15, -0.1) is 0 Å². The molecule has 0 saturated carbocycles. The molecule has 1 N–H and O–H groups in total. The van der Waals surface area contributed by atoms with Crippen LogP contribution in [0.15, 0.2) is 72.8 Å². The molecule has 0 fully saturated rings. The van der Waals surface area contributed by atoms with E-state index in [1.54, 1.807) is 0 Å². The molecule has 0 atom stereocenters. The second-order valence-electron chi connectivity index (χ2n) is 7.49. The molecule has 0 aliphatic carbocycles. The predicted molar refractivity (Wildman–Crippen MR) is 122 cm³/mol. The average molecular weight is 399 g/mol. The van der Waals surface area contributed by atoms with Gasteiger partial charge in [0.15, 0.2) is 0 Å². The van der Waals surface area contributed by atoms with Crippen molar-refractivity contribution in [2.75, 3.05) is 12.8 Å². The Morgan fingerprint density at radius 3 is 1.19 bits per heavy atom. The summed E-state index contributed by atoms with van der Waals surface area (Å²) in [6, 6.07) is 25.9. The average Bonchev–Trinajstić information content (AvgIpc) is 2.68. The molecule has 3 aromatic carbocycles. The third-order valence-corrected chi connectivity index (χ3v) is 13.0. The molecule has 3 aromatic rings. The van der Waals surface area contributed by atoms with E-state index in [1.807, 2.05) is 0 Å². The molecule has 0 spiro atoms. The summed E-state index contributed by atoms with van der Waals surface area (Å²) in [6.45, 7) is 6.42. The molecule has 0 amide bonds. The summed E-state index contributed by atoms with van der Waals surface area (Å²) in [5, 5.41) is 13.2. The summed E-state index contributed by atoms with van der Waals surface area (Å²) in [5.74, 6) is -3.21. The van der Waals surface area contributed by atoms with Gasteiger partial charge >= 0.3 is 168 Å². The fraction of sp³-hybridized carbons (Fsp3) is 0.250. The van der Waals surface area contributed by atoms with Crippen molar-refractivity contribution in [2.24, 2.45) is 0 Å². The Labute approximate surface area is 167 Å². The van der Waals surface area contributed by atoms with E-state index in [9.17, 15) is 5.11 Å². The molecule has 1 nitrogen and oxygen atoms in total. The molecule has 0 aromatic heterocycles. The molecule has 0 aliphatic rings. The van der Waals surface area contributed by atoms with E-state index in [0.29, 0.717) is 6.42 Å². The van der Waals surface area contributed by atoms with Crippen molar-refractivity contribution >= 4 is 33.1 Å². The summed E-state index contributed by atoms with van der Waals surface area (Å²) in [7, 11) is 0. The van der Waals surface area contributed by atoms with Crippen molar-refractivity contribution in [1.29, 1.82) is 0 Å². The minimum absolute atomic E-state index is 0.133. The first-order valence-electron chi connectivity index (χ1n) is 9.44. The van der Waals surface area contributed by atoms with E-state index < -0.39 is 5.96 Å². The molecule has 0 saturated heterocycles. The Bertz CT molecular complexity index is 785. The van der Waals surface area contributed by atoms with Gasteiger partial charge in [-0.2, -0.15) is 0 Å². The fourth-order valence-electron chi connectivity index (χ4n) is 3.77. The SMILES string of the molecule is Cc1ccc(P(Cl)(CCCO)(c2ccc(C)cc2)c2ccc(C)cc2)cc1. The van der Waals surface area contributed by atoms with Crippen LogP contribution in [-0.4, -0.2) is 17.9 Å². The van der Waals surface area contributed by atoms with Crippen LogP contribution in [0.3, 0.4) is 0 Å². The molecule has 27 heavy (non-hydrogen) atoms. The van der Waals surface area contributed by atoms with Gasteiger partial charge in [0.05, 0.1) is 0 Å². The second-order valence-corrected chi connectivity index (χ2v) is 14.1. The van der Waals surface area contributed by atoms with Crippen LogP contribution in [-0.2, 0) is 0 Å². The number of rotatable bonds is 6. The van der Waals surface area contributed by atoms with Crippen LogP contribution < -0.4 is 15.9 Å². The summed E-state index contributed by atoms with van der Waals surface area (Å²) in [5.41, 5.74) is 3.65. The molecule has 3 heteroatoms. The summed E-state index contributed by atoms with van der Waals surface area (Å²) in [4.78, 5) is 0. The van der Waals surface area contributed by atoms with Crippen molar-refractivity contribution in [3.8, 4) is 0 Å². The van der Waals surface area contributed by atoms with E-state index in [2.05, 4.69) is 93.6 Å². The first-order chi connectivity index (χ1) is 12.9. The van der Waals surface area contributed by atoms with Gasteiger partial charge in [-0.3, -0.25) is 0 Å². The Hall–Kier alpha value is -1.66. The van der Waals surface area contributed by atoms with Crippen molar-refractivity contribution in [2.45, 2.75) is 27.2 Å². The van der Waals surface area contributed by atoms with E-state index >= 15 is 0 Å². The van der Waals surface area contributed by atoms with E-state index in [1.165, 1.54) is 16.7 Å². The van der Waals surface area contributed by atoms with Crippen LogP contribution in [0.5, 0.6) is 0 Å². The Morgan fingerprint density at radius 1 is 0.630 bits per heavy atom. The quantitative estimate of drug-likeness (QED) is 0.581. The van der Waals surface area contributed by atoms with Gasteiger partial charge < -0.3 is 0 Å². The van der Waals surface area contributed by atoms with Crippen LogP contribution in [0.1, 0.15) is 23.1 Å². The topological polar surface area (TPSA) is 20.2 Å². The van der Waals surface area contributed by atoms with Crippen LogP contribution in [0.25, 0.3) is 0 Å². The first-order valence-corrected chi connectivity index (χ1v) is 12.8. The van der Waals surface area contributed by atoms with Gasteiger partial charge in [-0.25, -0.2) is 0 Å². The van der Waals surface area contributed by atoms with Crippen molar-refractivity contribution in [3.63, 3.8) is 0 Å². The predicted octanol–water partition coefficient (Wildman–Crippen LogP) is 4.98. The third kappa shape index (κ3) is 3.57. The maximum atomic E-state index is 9.68. The zero-order valence-corrected chi connectivity index (χ0v) is 18.0. The van der Waals surface area contributed by atoms with Gasteiger partial charge in [0.2, 0.25) is 0 Å². The molecule has 3 rings (SSSR count). The number of benzene rings is 3. The fourth-order valence-corrected chi connectivity index (χ4v) is 9.86. The zero-order chi connectivity index (χ0) is 19.5. The number of hydrogen-bond acceptors (Lipinski definition) is 1. The van der Waals surface area contributed by atoms with Gasteiger partial charge in [-0.05, 0) is 0 Å². The van der Waals surface area contributed by atoms with Gasteiger partial charge in [-0.1, -0.05) is 0 Å². The molecule has 142 valence electrons. The van der Waals surface area contributed by atoms with Crippen LogP contribution in [0.2, 0.25) is 0 Å². The summed E-state index contributed by atoms with van der Waals surface area (Å²) >= 11 is 7.93. The molecular weight excluding hydrogens is 371 g/mol. The molecule has 0 unspecified atom stereocenters. The Morgan fingerprint density at radius 2 is 0.926 bits per heavy atom. The normalized spacial score (nSPS) is 13.1. The number of aryl methyl sites for hydroxylation is 3. The van der Waals surface area contributed by atoms with Gasteiger partial charge in [0, 0.05) is 0 Å². The molecule has 0 bridgehead atoms. The van der Waals surface area contributed by atoms with Crippen LogP contribution in [0, 0.1) is 20.8 Å². The standard InChI is InChI=1S/C24H28ClOP/c1-19-5-11-22(12-6-19)27(25,18-4-17-26,23-13-7-20(2)8-14-23)24-15-9-21(3)10-16-24/h5-16,26H,4,17-18H2,1-3H3. The Kier molecular flexibility index (Phi) is 5.77. The van der Waals surface area contributed by atoms with Crippen molar-refractivity contribution < 1.29 is 5.11 Å². The van der Waals surface area contributed by atoms with E-state index in [4.69, 9.17) is 11.2 Å². The molecular formula is C24H28ClOP. The molecule has 0 heterocycles. The van der Waals surface area contributed by atoms with Crippen LogP contribution >= 0.6 is 17.2 Å². The maximum absolute atomic E-state index is 9.68. The molecule has 0 aliphatic heterocycles. The number of halogens is 1. The number of aliphatic hydroxyl groups excluding tert-OH is 1. The van der Waals surface area contributed by atoms with Gasteiger partial charge in [0.1, 0.15) is 0 Å². The first kappa shape index (κ1) is 20.1. The third-order valence-electron chi connectivity index (χ3n) is 5.45. The zero-order valence-electron chi connectivity index (χ0n) is 16.3. The van der Waals surface area contributed by atoms with Gasteiger partial charge in [0.25, 0.3) is 0 Å². The summed E-state index contributed by atoms with van der Waals surface area (Å²) < 4.78 is 0. The van der Waals surface area contributed by atoms with Crippen LogP contribution in [0.4, 0.5) is 0 Å². The van der Waals surface area contributed by atoms with Crippen molar-refractivity contribution in [3.05, 3.63) is 89.5 Å². The Balaban J connectivity index is 2.38. The number of aliphatic hydroxyl groups is 1. The molecule has 0 radical (unpaired) electrons.